The Labute approximate surface area is 105 Å². The third kappa shape index (κ3) is 4.29. The lowest BCUT2D eigenvalue weighted by molar-refractivity contribution is 0.0696. The van der Waals surface area contributed by atoms with Gasteiger partial charge >= 0.3 is 11.9 Å². The Morgan fingerprint density at radius 3 is 1.94 bits per heavy atom. The SMILES string of the molecule is C1=CNCC1.Cc1cc(C(=O)O)cc(C(=O)O)c1. The van der Waals surface area contributed by atoms with Crippen LogP contribution >= 0.6 is 0 Å². The summed E-state index contributed by atoms with van der Waals surface area (Å²) in [4.78, 5) is 21.1. The fourth-order valence-electron chi connectivity index (χ4n) is 1.45. The van der Waals surface area contributed by atoms with E-state index in [-0.39, 0.29) is 11.1 Å². The average molecular weight is 249 g/mol. The fourth-order valence-corrected chi connectivity index (χ4v) is 1.45. The van der Waals surface area contributed by atoms with Gasteiger partial charge in [-0.1, -0.05) is 6.08 Å². The van der Waals surface area contributed by atoms with Crippen molar-refractivity contribution in [3.8, 4) is 0 Å². The normalized spacial score (nSPS) is 12.3. The number of hydrogen-bond acceptors (Lipinski definition) is 3. The van der Waals surface area contributed by atoms with E-state index in [0.29, 0.717) is 5.56 Å². The van der Waals surface area contributed by atoms with Crippen LogP contribution in [0.15, 0.2) is 30.5 Å². The van der Waals surface area contributed by atoms with E-state index in [1.54, 1.807) is 6.92 Å². The van der Waals surface area contributed by atoms with Crippen molar-refractivity contribution < 1.29 is 19.8 Å². The van der Waals surface area contributed by atoms with Gasteiger partial charge in [0.05, 0.1) is 11.1 Å². The van der Waals surface area contributed by atoms with Gasteiger partial charge in [-0.3, -0.25) is 0 Å². The number of hydrogen-bond donors (Lipinski definition) is 3. The molecule has 1 aromatic rings. The molecule has 0 saturated carbocycles. The Bertz CT molecular complexity index is 442. The minimum Gasteiger partial charge on any atom is -0.478 e. The van der Waals surface area contributed by atoms with Crippen molar-refractivity contribution in [1.82, 2.24) is 5.32 Å². The van der Waals surface area contributed by atoms with Crippen molar-refractivity contribution in [3.05, 3.63) is 47.2 Å². The van der Waals surface area contributed by atoms with Crippen LogP contribution in [-0.2, 0) is 0 Å². The molecule has 0 fully saturated rings. The Balaban J connectivity index is 0.000000269. The number of carboxylic acids is 2. The van der Waals surface area contributed by atoms with Crippen LogP contribution in [0.3, 0.4) is 0 Å². The molecular formula is C13H15NO4. The van der Waals surface area contributed by atoms with Crippen LogP contribution in [0.5, 0.6) is 0 Å². The van der Waals surface area contributed by atoms with E-state index >= 15 is 0 Å². The number of rotatable bonds is 2. The molecule has 0 atom stereocenters. The number of carboxylic acid groups (broad SMARTS) is 2. The first kappa shape index (κ1) is 13.8. The van der Waals surface area contributed by atoms with Gasteiger partial charge < -0.3 is 15.5 Å². The highest BCUT2D eigenvalue weighted by atomic mass is 16.4. The highest BCUT2D eigenvalue weighted by Crippen LogP contribution is 2.09. The lowest BCUT2D eigenvalue weighted by Gasteiger charge is -1.99. The summed E-state index contributed by atoms with van der Waals surface area (Å²) in [5.74, 6) is -2.24. The van der Waals surface area contributed by atoms with Crippen LogP contribution in [0.1, 0.15) is 32.7 Å². The standard InChI is InChI=1S/C9H8O4.C4H7N/c1-5-2-6(8(10)11)4-7(3-5)9(12)13;1-2-4-5-3-1/h2-4H,1H3,(H,10,11)(H,12,13);1,3,5H,2,4H2. The largest absolute Gasteiger partial charge is 0.478 e. The minimum atomic E-state index is -1.12. The zero-order valence-corrected chi connectivity index (χ0v) is 10.0. The first-order valence-corrected chi connectivity index (χ1v) is 5.47. The third-order valence-electron chi connectivity index (χ3n) is 2.26. The quantitative estimate of drug-likeness (QED) is 0.745. The van der Waals surface area contributed by atoms with Crippen LogP contribution in [0.4, 0.5) is 0 Å². The van der Waals surface area contributed by atoms with Gasteiger partial charge in [0.25, 0.3) is 0 Å². The summed E-state index contributed by atoms with van der Waals surface area (Å²) in [6.45, 7) is 2.79. The molecule has 0 bridgehead atoms. The zero-order valence-electron chi connectivity index (χ0n) is 10.0. The van der Waals surface area contributed by atoms with Gasteiger partial charge in [0.1, 0.15) is 0 Å². The second kappa shape index (κ2) is 6.44. The molecule has 1 aliphatic heterocycles. The first-order chi connectivity index (χ1) is 8.50. The lowest BCUT2D eigenvalue weighted by Crippen LogP contribution is -2.02. The van der Waals surface area contributed by atoms with E-state index in [1.165, 1.54) is 18.6 Å². The van der Waals surface area contributed by atoms with Crippen molar-refractivity contribution in [1.29, 1.82) is 0 Å². The molecule has 1 heterocycles. The summed E-state index contributed by atoms with van der Waals surface area (Å²) in [6, 6.07) is 3.99. The fraction of sp³-hybridized carbons (Fsp3) is 0.231. The van der Waals surface area contributed by atoms with E-state index in [0.717, 1.165) is 12.6 Å². The van der Waals surface area contributed by atoms with Crippen molar-refractivity contribution >= 4 is 11.9 Å². The predicted molar refractivity (Wildman–Crippen MR) is 66.9 cm³/mol. The summed E-state index contributed by atoms with van der Waals surface area (Å²) in [7, 11) is 0. The number of aryl methyl sites for hydroxylation is 1. The minimum absolute atomic E-state index is 0.00241. The topological polar surface area (TPSA) is 86.6 Å². The van der Waals surface area contributed by atoms with Crippen LogP contribution in [0.25, 0.3) is 0 Å². The Kier molecular flexibility index (Phi) is 4.92. The van der Waals surface area contributed by atoms with E-state index in [2.05, 4.69) is 11.4 Å². The summed E-state index contributed by atoms with van der Waals surface area (Å²) < 4.78 is 0. The molecule has 18 heavy (non-hydrogen) atoms. The molecule has 3 N–H and O–H groups in total. The van der Waals surface area contributed by atoms with E-state index in [1.807, 2.05) is 6.20 Å². The highest BCUT2D eigenvalue weighted by Gasteiger charge is 2.09. The van der Waals surface area contributed by atoms with Gasteiger partial charge in [-0.05, 0) is 43.3 Å². The molecule has 0 amide bonds. The van der Waals surface area contributed by atoms with Crippen molar-refractivity contribution in [2.75, 3.05) is 6.54 Å². The maximum atomic E-state index is 10.5. The molecule has 2 rings (SSSR count). The second-order valence-electron chi connectivity index (χ2n) is 3.84. The Morgan fingerprint density at radius 1 is 1.11 bits per heavy atom. The molecule has 96 valence electrons. The molecule has 0 radical (unpaired) electrons. The third-order valence-corrected chi connectivity index (χ3v) is 2.26. The molecule has 0 unspecified atom stereocenters. The molecular weight excluding hydrogens is 234 g/mol. The van der Waals surface area contributed by atoms with Crippen LogP contribution in [-0.4, -0.2) is 28.7 Å². The molecule has 5 nitrogen and oxygen atoms in total. The van der Waals surface area contributed by atoms with Crippen LogP contribution < -0.4 is 5.32 Å². The predicted octanol–water partition coefficient (Wildman–Crippen LogP) is 1.88. The summed E-state index contributed by atoms with van der Waals surface area (Å²) in [6.07, 6.45) is 5.32. The molecule has 0 spiro atoms. The number of carbonyl (C=O) groups is 2. The van der Waals surface area contributed by atoms with Crippen LogP contribution in [0, 0.1) is 6.92 Å². The average Bonchev–Trinajstić information content (AvgIpc) is 2.86. The van der Waals surface area contributed by atoms with E-state index in [4.69, 9.17) is 10.2 Å². The molecule has 1 aliphatic rings. The highest BCUT2D eigenvalue weighted by molar-refractivity contribution is 5.94. The zero-order chi connectivity index (χ0) is 13.5. The monoisotopic (exact) mass is 249 g/mol. The maximum absolute atomic E-state index is 10.5. The Morgan fingerprint density at radius 2 is 1.67 bits per heavy atom. The van der Waals surface area contributed by atoms with Gasteiger partial charge in [0.15, 0.2) is 0 Å². The Hall–Kier alpha value is -2.30. The van der Waals surface area contributed by atoms with Crippen molar-refractivity contribution in [3.63, 3.8) is 0 Å². The van der Waals surface area contributed by atoms with Crippen molar-refractivity contribution in [2.45, 2.75) is 13.3 Å². The summed E-state index contributed by atoms with van der Waals surface area (Å²) in [5, 5.41) is 20.3. The summed E-state index contributed by atoms with van der Waals surface area (Å²) >= 11 is 0. The number of benzene rings is 1. The van der Waals surface area contributed by atoms with Gasteiger partial charge in [0.2, 0.25) is 0 Å². The van der Waals surface area contributed by atoms with Gasteiger partial charge in [-0.2, -0.15) is 0 Å². The molecule has 0 aliphatic carbocycles. The smallest absolute Gasteiger partial charge is 0.335 e. The maximum Gasteiger partial charge on any atom is 0.335 e. The molecule has 1 aromatic carbocycles. The van der Waals surface area contributed by atoms with Gasteiger partial charge in [-0.25, -0.2) is 9.59 Å². The first-order valence-electron chi connectivity index (χ1n) is 5.47. The van der Waals surface area contributed by atoms with Gasteiger partial charge in [-0.15, -0.1) is 0 Å². The number of nitrogens with one attached hydrogen (secondary N) is 1. The number of aromatic carboxylic acids is 2. The van der Waals surface area contributed by atoms with Crippen LogP contribution in [0.2, 0.25) is 0 Å². The van der Waals surface area contributed by atoms with Crippen molar-refractivity contribution in [2.24, 2.45) is 0 Å². The summed E-state index contributed by atoms with van der Waals surface area (Å²) in [5.41, 5.74) is 0.618. The van der Waals surface area contributed by atoms with E-state index in [9.17, 15) is 9.59 Å². The second-order valence-corrected chi connectivity index (χ2v) is 3.84. The van der Waals surface area contributed by atoms with E-state index < -0.39 is 11.9 Å². The lowest BCUT2D eigenvalue weighted by atomic mass is 10.1. The van der Waals surface area contributed by atoms with Gasteiger partial charge in [0, 0.05) is 6.54 Å². The molecule has 0 saturated heterocycles. The molecule has 0 aromatic heterocycles. The molecule has 5 heteroatoms.